The van der Waals surface area contributed by atoms with Gasteiger partial charge in [0.25, 0.3) is 0 Å². The van der Waals surface area contributed by atoms with E-state index in [-0.39, 0.29) is 11.9 Å². The van der Waals surface area contributed by atoms with Crippen LogP contribution in [0.15, 0.2) is 24.3 Å². The zero-order valence-corrected chi connectivity index (χ0v) is 16.7. The highest BCUT2D eigenvalue weighted by Gasteiger charge is 2.30. The largest absolute Gasteiger partial charge is 0.494 e. The molecule has 7 heteroatoms. The number of aromatic nitrogens is 3. The number of thiazole rings is 1. The molecule has 144 valence electrons. The van der Waals surface area contributed by atoms with Gasteiger partial charge in [0, 0.05) is 6.42 Å². The average molecular weight is 387 g/mol. The molecule has 0 saturated carbocycles. The molecule has 1 saturated heterocycles. The molecule has 1 atom stereocenters. The number of ether oxygens (including phenoxy) is 1. The van der Waals surface area contributed by atoms with Crippen LogP contribution in [-0.2, 0) is 6.42 Å². The molecule has 1 N–H and O–H groups in total. The molecule has 27 heavy (non-hydrogen) atoms. The maximum Gasteiger partial charge on any atom is 0.230 e. The molecule has 6 nitrogen and oxygen atoms in total. The third-order valence-electron chi connectivity index (χ3n) is 5.07. The molecule has 2 aromatic heterocycles. The molecule has 0 bridgehead atoms. The van der Waals surface area contributed by atoms with E-state index in [0.717, 1.165) is 46.5 Å². The van der Waals surface area contributed by atoms with Crippen molar-refractivity contribution in [2.24, 2.45) is 0 Å². The summed E-state index contributed by atoms with van der Waals surface area (Å²) >= 11 is 1.54. The van der Waals surface area contributed by atoms with Gasteiger partial charge in [-0.2, -0.15) is 4.52 Å². The van der Waals surface area contributed by atoms with Crippen molar-refractivity contribution in [1.29, 1.82) is 0 Å². The third kappa shape index (κ3) is 3.53. The maximum absolute atomic E-state index is 10.9. The molecule has 4 rings (SSSR count). The number of rotatable bonds is 6. The minimum absolute atomic E-state index is 0.0135. The van der Waals surface area contributed by atoms with E-state index in [4.69, 9.17) is 4.74 Å². The van der Waals surface area contributed by atoms with E-state index in [9.17, 15) is 5.11 Å². The molecule has 0 amide bonds. The Balaban J connectivity index is 1.75. The first-order chi connectivity index (χ1) is 13.2. The van der Waals surface area contributed by atoms with Crippen molar-refractivity contribution in [2.75, 3.05) is 19.7 Å². The summed E-state index contributed by atoms with van der Waals surface area (Å²) in [6.45, 7) is 6.73. The van der Waals surface area contributed by atoms with Crippen LogP contribution in [0.25, 0.3) is 4.96 Å². The molecule has 0 radical (unpaired) electrons. The summed E-state index contributed by atoms with van der Waals surface area (Å²) in [5.41, 5.74) is 1.16. The molecule has 1 aromatic carbocycles. The Hall–Kier alpha value is -2.12. The van der Waals surface area contributed by atoms with Crippen molar-refractivity contribution < 1.29 is 9.84 Å². The Bertz CT molecular complexity index is 897. The van der Waals surface area contributed by atoms with Crippen LogP contribution < -0.4 is 4.74 Å². The van der Waals surface area contributed by atoms with E-state index in [0.29, 0.717) is 6.61 Å². The van der Waals surface area contributed by atoms with Crippen LogP contribution >= 0.6 is 11.3 Å². The lowest BCUT2D eigenvalue weighted by Crippen LogP contribution is -2.34. The second kappa shape index (κ2) is 7.86. The zero-order chi connectivity index (χ0) is 18.8. The van der Waals surface area contributed by atoms with Gasteiger partial charge in [0.15, 0.2) is 5.82 Å². The molecule has 1 fully saturated rings. The Morgan fingerprint density at radius 2 is 1.89 bits per heavy atom. The van der Waals surface area contributed by atoms with Crippen LogP contribution in [0.1, 0.15) is 55.4 Å². The predicted octanol–water partition coefficient (Wildman–Crippen LogP) is 4.03. The standard InChI is InChI=1S/C20H26N4O2S/c1-3-16-21-20-24(22-16)19(25)18(27-20)17(23-12-6-5-7-13-23)14-8-10-15(11-9-14)26-4-2/h8-11,17,25H,3-7,12-13H2,1-2H3/t17-/m0/s1. The predicted molar refractivity (Wildman–Crippen MR) is 107 cm³/mol. The molecule has 1 aliphatic heterocycles. The molecule has 0 spiro atoms. The van der Waals surface area contributed by atoms with Crippen LogP contribution in [0, 0.1) is 0 Å². The first kappa shape index (κ1) is 18.3. The number of piperidine rings is 1. The number of fused-ring (bicyclic) bond motifs is 1. The summed E-state index contributed by atoms with van der Waals surface area (Å²) < 4.78 is 7.18. The normalized spacial score (nSPS) is 16.7. The number of hydrogen-bond donors (Lipinski definition) is 1. The zero-order valence-electron chi connectivity index (χ0n) is 15.9. The van der Waals surface area contributed by atoms with Gasteiger partial charge in [-0.05, 0) is 50.6 Å². The Kier molecular flexibility index (Phi) is 5.31. The van der Waals surface area contributed by atoms with Crippen LogP contribution in [0.4, 0.5) is 0 Å². The van der Waals surface area contributed by atoms with E-state index < -0.39 is 0 Å². The molecule has 3 aromatic rings. The molecule has 0 unspecified atom stereocenters. The third-order valence-corrected chi connectivity index (χ3v) is 6.14. The second-order valence-corrected chi connectivity index (χ2v) is 7.88. The monoisotopic (exact) mass is 386 g/mol. The van der Waals surface area contributed by atoms with E-state index in [1.54, 1.807) is 4.52 Å². The van der Waals surface area contributed by atoms with Crippen molar-refractivity contribution in [2.45, 2.75) is 45.6 Å². The van der Waals surface area contributed by atoms with Crippen molar-refractivity contribution >= 4 is 16.3 Å². The fourth-order valence-corrected chi connectivity index (χ4v) is 4.87. The van der Waals surface area contributed by atoms with Crippen molar-refractivity contribution in [1.82, 2.24) is 19.5 Å². The Morgan fingerprint density at radius 3 is 2.52 bits per heavy atom. The van der Waals surface area contributed by atoms with Gasteiger partial charge in [0.05, 0.1) is 17.5 Å². The van der Waals surface area contributed by atoms with Crippen LogP contribution in [0.3, 0.4) is 0 Å². The number of aromatic hydroxyl groups is 1. The van der Waals surface area contributed by atoms with Gasteiger partial charge in [-0.25, -0.2) is 4.98 Å². The number of nitrogens with zero attached hydrogens (tertiary/aromatic N) is 4. The maximum atomic E-state index is 10.9. The number of benzene rings is 1. The van der Waals surface area contributed by atoms with Crippen LogP contribution in [-0.4, -0.2) is 44.3 Å². The summed E-state index contributed by atoms with van der Waals surface area (Å²) in [6.07, 6.45) is 4.41. The topological polar surface area (TPSA) is 62.9 Å². The van der Waals surface area contributed by atoms with Gasteiger partial charge in [0.2, 0.25) is 10.8 Å². The lowest BCUT2D eigenvalue weighted by atomic mass is 10.0. The van der Waals surface area contributed by atoms with E-state index in [1.807, 2.05) is 26.0 Å². The van der Waals surface area contributed by atoms with Crippen LogP contribution in [0.2, 0.25) is 0 Å². The Morgan fingerprint density at radius 1 is 1.15 bits per heavy atom. The van der Waals surface area contributed by atoms with Gasteiger partial charge in [-0.15, -0.1) is 5.10 Å². The highest BCUT2D eigenvalue weighted by Crippen LogP contribution is 2.41. The molecular formula is C20H26N4O2S. The van der Waals surface area contributed by atoms with Gasteiger partial charge in [-0.1, -0.05) is 36.8 Å². The second-order valence-electron chi connectivity index (χ2n) is 6.87. The first-order valence-corrected chi connectivity index (χ1v) is 10.6. The van der Waals surface area contributed by atoms with Gasteiger partial charge in [-0.3, -0.25) is 4.90 Å². The average Bonchev–Trinajstić information content (AvgIpc) is 3.24. The Labute approximate surface area is 163 Å². The summed E-state index contributed by atoms with van der Waals surface area (Å²) in [7, 11) is 0. The molecule has 3 heterocycles. The molecular weight excluding hydrogens is 360 g/mol. The lowest BCUT2D eigenvalue weighted by molar-refractivity contribution is 0.186. The fourth-order valence-electron chi connectivity index (χ4n) is 3.74. The van der Waals surface area contributed by atoms with E-state index in [1.165, 1.54) is 30.6 Å². The fraction of sp³-hybridized carbons (Fsp3) is 0.500. The molecule has 0 aliphatic carbocycles. The number of likely N-dealkylation sites (tertiary alicyclic amines) is 1. The lowest BCUT2D eigenvalue weighted by Gasteiger charge is -2.34. The number of aryl methyl sites for hydroxylation is 1. The minimum atomic E-state index is 0.0135. The van der Waals surface area contributed by atoms with Gasteiger partial charge < -0.3 is 9.84 Å². The summed E-state index contributed by atoms with van der Waals surface area (Å²) in [6, 6.07) is 8.26. The quantitative estimate of drug-likeness (QED) is 0.693. The van der Waals surface area contributed by atoms with Crippen molar-refractivity contribution in [3.05, 3.63) is 40.5 Å². The highest BCUT2D eigenvalue weighted by molar-refractivity contribution is 7.17. The minimum Gasteiger partial charge on any atom is -0.494 e. The van der Waals surface area contributed by atoms with E-state index in [2.05, 4.69) is 27.1 Å². The molecule has 1 aliphatic rings. The van der Waals surface area contributed by atoms with E-state index >= 15 is 0 Å². The smallest absolute Gasteiger partial charge is 0.230 e. The SMILES string of the molecule is CCOc1ccc([C@@H](c2sc3nc(CC)nn3c2O)N2CCCCC2)cc1. The number of hydrogen-bond acceptors (Lipinski definition) is 6. The first-order valence-electron chi connectivity index (χ1n) is 9.75. The van der Waals surface area contributed by atoms with Crippen molar-refractivity contribution in [3.63, 3.8) is 0 Å². The van der Waals surface area contributed by atoms with Gasteiger partial charge >= 0.3 is 0 Å². The summed E-state index contributed by atoms with van der Waals surface area (Å²) in [5, 5.41) is 15.4. The van der Waals surface area contributed by atoms with Gasteiger partial charge in [0.1, 0.15) is 5.75 Å². The summed E-state index contributed by atoms with van der Waals surface area (Å²) in [5.74, 6) is 1.85. The summed E-state index contributed by atoms with van der Waals surface area (Å²) in [4.78, 5) is 8.68. The highest BCUT2D eigenvalue weighted by atomic mass is 32.1. The van der Waals surface area contributed by atoms with Crippen LogP contribution in [0.5, 0.6) is 11.6 Å². The van der Waals surface area contributed by atoms with Crippen molar-refractivity contribution in [3.8, 4) is 11.6 Å².